The Labute approximate surface area is 159 Å². The van der Waals surface area contributed by atoms with Crippen molar-refractivity contribution < 1.29 is 9.26 Å². The summed E-state index contributed by atoms with van der Waals surface area (Å²) in [5.41, 5.74) is 2.68. The topological polar surface area (TPSA) is 80.4 Å². The molecule has 8 nitrogen and oxygen atoms in total. The number of rotatable bonds is 6. The molecule has 1 unspecified atom stereocenters. The minimum Gasteiger partial charge on any atom is -0.384 e. The zero-order valence-electron chi connectivity index (χ0n) is 16.4. The van der Waals surface area contributed by atoms with Crippen LogP contribution in [0.2, 0.25) is 0 Å². The SMILES string of the molecule is COCCc1noc(CN2CCCC3(CCc4cnc(N(C)C)nc43)C2)n1. The molecule has 0 bridgehead atoms. The van der Waals surface area contributed by atoms with Crippen LogP contribution in [0.1, 0.15) is 42.2 Å². The Morgan fingerprint density at radius 1 is 1.30 bits per heavy atom. The number of fused-ring (bicyclic) bond motifs is 2. The fourth-order valence-corrected chi connectivity index (χ4v) is 4.35. The van der Waals surface area contributed by atoms with Crippen LogP contribution in [0.25, 0.3) is 0 Å². The summed E-state index contributed by atoms with van der Waals surface area (Å²) in [5.74, 6) is 2.20. The summed E-state index contributed by atoms with van der Waals surface area (Å²) >= 11 is 0. The van der Waals surface area contributed by atoms with Gasteiger partial charge >= 0.3 is 0 Å². The predicted octanol–water partition coefficient (Wildman–Crippen LogP) is 1.59. The highest BCUT2D eigenvalue weighted by molar-refractivity contribution is 5.39. The first-order valence-electron chi connectivity index (χ1n) is 9.66. The largest absolute Gasteiger partial charge is 0.384 e. The lowest BCUT2D eigenvalue weighted by molar-refractivity contribution is 0.123. The van der Waals surface area contributed by atoms with Gasteiger partial charge in [-0.25, -0.2) is 9.97 Å². The van der Waals surface area contributed by atoms with Crippen molar-refractivity contribution in [2.75, 3.05) is 45.8 Å². The summed E-state index contributed by atoms with van der Waals surface area (Å²) in [7, 11) is 5.67. The first-order valence-corrected chi connectivity index (χ1v) is 9.66. The molecule has 1 saturated heterocycles. The first-order chi connectivity index (χ1) is 13.1. The number of hydrogen-bond donors (Lipinski definition) is 0. The molecule has 0 amide bonds. The number of likely N-dealkylation sites (tertiary alicyclic amines) is 1. The van der Waals surface area contributed by atoms with E-state index < -0.39 is 0 Å². The van der Waals surface area contributed by atoms with Crippen molar-refractivity contribution in [3.05, 3.63) is 29.2 Å². The smallest absolute Gasteiger partial charge is 0.240 e. The standard InChI is InChI=1S/C19H28N6O2/c1-24(2)18-20-11-14-5-8-19(17(14)22-18)7-4-9-25(13-19)12-16-21-15(23-27-16)6-10-26-3/h11H,4-10,12-13H2,1-3H3. The van der Waals surface area contributed by atoms with E-state index in [1.165, 1.54) is 17.7 Å². The van der Waals surface area contributed by atoms with Crippen LogP contribution in [0, 0.1) is 0 Å². The number of anilines is 1. The predicted molar refractivity (Wildman–Crippen MR) is 101 cm³/mol. The third-order valence-corrected chi connectivity index (χ3v) is 5.68. The lowest BCUT2D eigenvalue weighted by Gasteiger charge is -2.40. The maximum atomic E-state index is 5.44. The molecule has 0 N–H and O–H groups in total. The van der Waals surface area contributed by atoms with E-state index in [1.54, 1.807) is 7.11 Å². The fraction of sp³-hybridized carbons (Fsp3) is 0.684. The first kappa shape index (κ1) is 18.3. The molecular formula is C19H28N6O2. The third kappa shape index (κ3) is 3.68. The van der Waals surface area contributed by atoms with Crippen molar-refractivity contribution in [3.63, 3.8) is 0 Å². The average Bonchev–Trinajstić information content (AvgIpc) is 3.25. The van der Waals surface area contributed by atoms with E-state index in [9.17, 15) is 0 Å². The van der Waals surface area contributed by atoms with Gasteiger partial charge in [-0.15, -0.1) is 0 Å². The summed E-state index contributed by atoms with van der Waals surface area (Å²) in [5, 5.41) is 4.06. The summed E-state index contributed by atoms with van der Waals surface area (Å²) in [4.78, 5) is 18.4. The van der Waals surface area contributed by atoms with Crippen LogP contribution in [0.3, 0.4) is 0 Å². The Morgan fingerprint density at radius 3 is 3.00 bits per heavy atom. The van der Waals surface area contributed by atoms with Gasteiger partial charge in [0.15, 0.2) is 5.82 Å². The molecule has 2 aromatic rings. The second kappa shape index (κ2) is 7.52. The van der Waals surface area contributed by atoms with Crippen LogP contribution < -0.4 is 4.90 Å². The fourth-order valence-electron chi connectivity index (χ4n) is 4.35. The number of aromatic nitrogens is 4. The molecule has 0 radical (unpaired) electrons. The van der Waals surface area contributed by atoms with Gasteiger partial charge in [0.25, 0.3) is 0 Å². The molecule has 0 aromatic carbocycles. The van der Waals surface area contributed by atoms with Gasteiger partial charge < -0.3 is 14.2 Å². The average molecular weight is 372 g/mol. The highest BCUT2D eigenvalue weighted by atomic mass is 16.5. The quantitative estimate of drug-likeness (QED) is 0.756. The second-order valence-electron chi connectivity index (χ2n) is 7.88. The van der Waals surface area contributed by atoms with Crippen LogP contribution in [-0.4, -0.2) is 65.9 Å². The normalized spacial score (nSPS) is 22.3. The Balaban J connectivity index is 1.49. The summed E-state index contributed by atoms with van der Waals surface area (Å²) in [6, 6.07) is 0. The van der Waals surface area contributed by atoms with E-state index in [0.717, 1.165) is 38.3 Å². The van der Waals surface area contributed by atoms with Gasteiger partial charge in [-0.05, 0) is 37.8 Å². The molecule has 0 saturated carbocycles. The summed E-state index contributed by atoms with van der Waals surface area (Å²) in [6.07, 6.45) is 7.26. The molecule has 8 heteroatoms. The Hall–Kier alpha value is -2.06. The lowest BCUT2D eigenvalue weighted by Crippen LogP contribution is -2.45. The van der Waals surface area contributed by atoms with Crippen LogP contribution in [-0.2, 0) is 29.5 Å². The van der Waals surface area contributed by atoms with E-state index in [1.807, 2.05) is 25.2 Å². The highest BCUT2D eigenvalue weighted by Gasteiger charge is 2.44. The summed E-state index contributed by atoms with van der Waals surface area (Å²) in [6.45, 7) is 3.34. The minimum absolute atomic E-state index is 0.125. The van der Waals surface area contributed by atoms with E-state index in [2.05, 4.69) is 20.0 Å². The zero-order valence-corrected chi connectivity index (χ0v) is 16.4. The molecule has 3 heterocycles. The van der Waals surface area contributed by atoms with Gasteiger partial charge in [-0.1, -0.05) is 5.16 Å². The maximum absolute atomic E-state index is 5.44. The van der Waals surface area contributed by atoms with Gasteiger partial charge in [-0.3, -0.25) is 4.90 Å². The molecule has 2 aromatic heterocycles. The highest BCUT2D eigenvalue weighted by Crippen LogP contribution is 2.44. The number of piperidine rings is 1. The van der Waals surface area contributed by atoms with Crippen LogP contribution in [0.4, 0.5) is 5.95 Å². The number of ether oxygens (including phenoxy) is 1. The zero-order chi connectivity index (χ0) is 18.9. The van der Waals surface area contributed by atoms with E-state index in [-0.39, 0.29) is 5.41 Å². The van der Waals surface area contributed by atoms with Gasteiger partial charge in [0, 0.05) is 45.8 Å². The van der Waals surface area contributed by atoms with Crippen molar-refractivity contribution in [1.82, 2.24) is 25.0 Å². The van der Waals surface area contributed by atoms with Crippen molar-refractivity contribution in [2.45, 2.75) is 44.1 Å². The van der Waals surface area contributed by atoms with E-state index >= 15 is 0 Å². The van der Waals surface area contributed by atoms with Gasteiger partial charge in [-0.2, -0.15) is 4.98 Å². The maximum Gasteiger partial charge on any atom is 0.240 e. The summed E-state index contributed by atoms with van der Waals surface area (Å²) < 4.78 is 10.5. The minimum atomic E-state index is 0.125. The monoisotopic (exact) mass is 372 g/mol. The second-order valence-corrected chi connectivity index (χ2v) is 7.88. The Kier molecular flexibility index (Phi) is 5.10. The van der Waals surface area contributed by atoms with Gasteiger partial charge in [0.1, 0.15) is 0 Å². The Morgan fingerprint density at radius 2 is 2.19 bits per heavy atom. The van der Waals surface area contributed by atoms with Crippen LogP contribution in [0.5, 0.6) is 0 Å². The molecule has 2 aliphatic rings. The number of hydrogen-bond acceptors (Lipinski definition) is 8. The molecule has 27 heavy (non-hydrogen) atoms. The van der Waals surface area contributed by atoms with E-state index in [0.29, 0.717) is 31.3 Å². The van der Waals surface area contributed by atoms with Crippen LogP contribution in [0.15, 0.2) is 10.7 Å². The molecule has 4 rings (SSSR count). The molecular weight excluding hydrogens is 344 g/mol. The Bertz CT molecular complexity index is 788. The van der Waals surface area contributed by atoms with Crippen molar-refractivity contribution in [2.24, 2.45) is 0 Å². The third-order valence-electron chi connectivity index (χ3n) is 5.68. The molecule has 1 fully saturated rings. The van der Waals surface area contributed by atoms with Crippen molar-refractivity contribution >= 4 is 5.95 Å². The molecule has 1 spiro atoms. The molecule has 1 aliphatic heterocycles. The number of methoxy groups -OCH3 is 1. The van der Waals surface area contributed by atoms with Gasteiger partial charge in [0.05, 0.1) is 18.8 Å². The molecule has 1 atom stereocenters. The number of aryl methyl sites for hydroxylation is 1. The van der Waals surface area contributed by atoms with Gasteiger partial charge in [0.2, 0.25) is 11.8 Å². The van der Waals surface area contributed by atoms with E-state index in [4.69, 9.17) is 14.2 Å². The van der Waals surface area contributed by atoms with Crippen molar-refractivity contribution in [1.29, 1.82) is 0 Å². The van der Waals surface area contributed by atoms with Crippen molar-refractivity contribution in [3.8, 4) is 0 Å². The molecule has 146 valence electrons. The molecule has 1 aliphatic carbocycles. The number of nitrogens with zero attached hydrogens (tertiary/aromatic N) is 6. The lowest BCUT2D eigenvalue weighted by atomic mass is 9.77. The van der Waals surface area contributed by atoms with Crippen LogP contribution >= 0.6 is 0 Å².